The van der Waals surface area contributed by atoms with E-state index < -0.39 is 0 Å². The second kappa shape index (κ2) is 7.97. The van der Waals surface area contributed by atoms with Crippen molar-refractivity contribution in [1.82, 2.24) is 0 Å². The third-order valence-electron chi connectivity index (χ3n) is 3.49. The van der Waals surface area contributed by atoms with Crippen molar-refractivity contribution in [3.05, 3.63) is 11.6 Å². The lowest BCUT2D eigenvalue weighted by Crippen LogP contribution is -2.10. The summed E-state index contributed by atoms with van der Waals surface area (Å²) >= 11 is 0. The molecule has 5 nitrogen and oxygen atoms in total. The van der Waals surface area contributed by atoms with Crippen LogP contribution in [0.2, 0.25) is 0 Å². The molecule has 0 amide bonds. The van der Waals surface area contributed by atoms with E-state index in [1.165, 1.54) is 0 Å². The summed E-state index contributed by atoms with van der Waals surface area (Å²) in [6.07, 6.45) is 5.76. The van der Waals surface area contributed by atoms with E-state index in [1.54, 1.807) is 0 Å². The average molecular weight is 272 g/mol. The van der Waals surface area contributed by atoms with Gasteiger partial charge in [0, 0.05) is 6.61 Å². The van der Waals surface area contributed by atoms with E-state index in [0.717, 1.165) is 51.3 Å². The SMILES string of the molecule is C(OCC1CO1)C1CO1.OCC1=CCC(CO)CC1. The number of aliphatic hydroxyl groups is 2. The smallest absolute Gasteiger partial charge is 0.104 e. The van der Waals surface area contributed by atoms with Gasteiger partial charge < -0.3 is 24.4 Å². The highest BCUT2D eigenvalue weighted by Gasteiger charge is 2.26. The molecule has 5 heteroatoms. The highest BCUT2D eigenvalue weighted by molar-refractivity contribution is 5.06. The minimum Gasteiger partial charge on any atom is -0.396 e. The average Bonchev–Trinajstić information content (AvgIpc) is 3.34. The van der Waals surface area contributed by atoms with Crippen molar-refractivity contribution in [2.75, 3.05) is 39.6 Å². The summed E-state index contributed by atoms with van der Waals surface area (Å²) in [6, 6.07) is 0. The van der Waals surface area contributed by atoms with Gasteiger partial charge in [-0.25, -0.2) is 0 Å². The molecule has 0 aromatic carbocycles. The number of ether oxygens (including phenoxy) is 3. The fourth-order valence-corrected chi connectivity index (χ4v) is 1.91. The Balaban J connectivity index is 0.000000141. The molecule has 0 aromatic rings. The molecule has 0 aromatic heterocycles. The molecular weight excluding hydrogens is 248 g/mol. The summed E-state index contributed by atoms with van der Waals surface area (Å²) in [4.78, 5) is 0. The van der Waals surface area contributed by atoms with Crippen LogP contribution >= 0.6 is 0 Å². The van der Waals surface area contributed by atoms with Crippen molar-refractivity contribution in [1.29, 1.82) is 0 Å². The molecule has 2 aliphatic heterocycles. The van der Waals surface area contributed by atoms with Gasteiger partial charge in [-0.15, -0.1) is 0 Å². The summed E-state index contributed by atoms with van der Waals surface area (Å²) in [5.41, 5.74) is 1.13. The Hall–Kier alpha value is -0.460. The summed E-state index contributed by atoms with van der Waals surface area (Å²) in [5.74, 6) is 0.440. The zero-order chi connectivity index (χ0) is 13.5. The lowest BCUT2D eigenvalue weighted by atomic mass is 9.91. The van der Waals surface area contributed by atoms with E-state index in [2.05, 4.69) is 0 Å². The Morgan fingerprint density at radius 1 is 1.16 bits per heavy atom. The standard InChI is InChI=1S/C8H14O2.C6H10O3/c9-5-7-1-2-8(6-10)4-3-7;1(5-3-8-5)7-2-6-4-9-6/h1,8-10H,2-6H2;5-6H,1-4H2. The van der Waals surface area contributed by atoms with Crippen LogP contribution in [0.3, 0.4) is 0 Å². The van der Waals surface area contributed by atoms with Crippen molar-refractivity contribution < 1.29 is 24.4 Å². The zero-order valence-electron chi connectivity index (χ0n) is 11.3. The molecule has 0 spiro atoms. The first-order chi connectivity index (χ1) is 9.31. The molecule has 2 N–H and O–H groups in total. The lowest BCUT2D eigenvalue weighted by Gasteiger charge is -2.18. The molecule has 0 bridgehead atoms. The molecule has 2 saturated heterocycles. The predicted molar refractivity (Wildman–Crippen MR) is 69.9 cm³/mol. The number of hydrogen-bond donors (Lipinski definition) is 2. The monoisotopic (exact) mass is 272 g/mol. The molecule has 0 saturated carbocycles. The van der Waals surface area contributed by atoms with Crippen LogP contribution in [0.5, 0.6) is 0 Å². The normalized spacial score (nSPS) is 32.1. The molecule has 2 fully saturated rings. The minimum atomic E-state index is 0.193. The van der Waals surface area contributed by atoms with Crippen LogP contribution in [0.25, 0.3) is 0 Å². The van der Waals surface area contributed by atoms with Crippen molar-refractivity contribution in [2.24, 2.45) is 5.92 Å². The molecule has 0 radical (unpaired) electrons. The number of epoxide rings is 2. The summed E-state index contributed by atoms with van der Waals surface area (Å²) in [6.45, 7) is 3.74. The first-order valence-corrected chi connectivity index (χ1v) is 7.02. The fourth-order valence-electron chi connectivity index (χ4n) is 1.91. The molecule has 110 valence electrons. The van der Waals surface area contributed by atoms with Crippen LogP contribution in [-0.2, 0) is 14.2 Å². The third-order valence-corrected chi connectivity index (χ3v) is 3.49. The first kappa shape index (κ1) is 14.9. The van der Waals surface area contributed by atoms with Gasteiger partial charge in [-0.05, 0) is 30.8 Å². The third kappa shape index (κ3) is 6.49. The van der Waals surface area contributed by atoms with Crippen LogP contribution < -0.4 is 0 Å². The quantitative estimate of drug-likeness (QED) is 0.544. The molecule has 2 heterocycles. The Morgan fingerprint density at radius 2 is 1.79 bits per heavy atom. The maximum Gasteiger partial charge on any atom is 0.104 e. The number of aliphatic hydroxyl groups excluding tert-OH is 2. The molecule has 3 rings (SSSR count). The van der Waals surface area contributed by atoms with E-state index in [0.29, 0.717) is 18.1 Å². The van der Waals surface area contributed by atoms with Gasteiger partial charge in [0.15, 0.2) is 0 Å². The van der Waals surface area contributed by atoms with Gasteiger partial charge >= 0.3 is 0 Å². The molecular formula is C14H24O5. The minimum absolute atomic E-state index is 0.193. The van der Waals surface area contributed by atoms with Crippen molar-refractivity contribution >= 4 is 0 Å². The predicted octanol–water partition coefficient (Wildman–Crippen LogP) is 0.498. The Bertz CT molecular complexity index is 272. The Kier molecular flexibility index (Phi) is 6.26. The molecule has 3 aliphatic rings. The second-order valence-electron chi connectivity index (χ2n) is 5.29. The van der Waals surface area contributed by atoms with Gasteiger partial charge in [0.2, 0.25) is 0 Å². The van der Waals surface area contributed by atoms with E-state index in [-0.39, 0.29) is 13.2 Å². The topological polar surface area (TPSA) is 74.8 Å². The number of rotatable bonds is 6. The van der Waals surface area contributed by atoms with Crippen LogP contribution in [0, 0.1) is 5.92 Å². The Morgan fingerprint density at radius 3 is 2.16 bits per heavy atom. The number of allylic oxidation sites excluding steroid dienone is 1. The van der Waals surface area contributed by atoms with Gasteiger partial charge in [-0.3, -0.25) is 0 Å². The van der Waals surface area contributed by atoms with Crippen LogP contribution in [0.15, 0.2) is 11.6 Å². The molecule has 3 atom stereocenters. The van der Waals surface area contributed by atoms with Crippen molar-refractivity contribution in [3.63, 3.8) is 0 Å². The maximum atomic E-state index is 8.76. The van der Waals surface area contributed by atoms with E-state index in [9.17, 15) is 0 Å². The van der Waals surface area contributed by atoms with Gasteiger partial charge in [-0.1, -0.05) is 6.08 Å². The second-order valence-corrected chi connectivity index (χ2v) is 5.29. The van der Waals surface area contributed by atoms with E-state index >= 15 is 0 Å². The lowest BCUT2D eigenvalue weighted by molar-refractivity contribution is 0.102. The largest absolute Gasteiger partial charge is 0.396 e. The maximum absolute atomic E-state index is 8.76. The summed E-state index contributed by atoms with van der Waals surface area (Å²) in [7, 11) is 0. The van der Waals surface area contributed by atoms with Crippen LogP contribution in [0.1, 0.15) is 19.3 Å². The summed E-state index contributed by atoms with van der Waals surface area (Å²) < 4.78 is 15.1. The fraction of sp³-hybridized carbons (Fsp3) is 0.857. The van der Waals surface area contributed by atoms with Gasteiger partial charge in [-0.2, -0.15) is 0 Å². The van der Waals surface area contributed by atoms with Crippen molar-refractivity contribution in [2.45, 2.75) is 31.5 Å². The van der Waals surface area contributed by atoms with Crippen LogP contribution in [-0.4, -0.2) is 62.1 Å². The molecule has 19 heavy (non-hydrogen) atoms. The van der Waals surface area contributed by atoms with Gasteiger partial charge in [0.05, 0.1) is 33.0 Å². The zero-order valence-corrected chi connectivity index (χ0v) is 11.3. The van der Waals surface area contributed by atoms with Gasteiger partial charge in [0.25, 0.3) is 0 Å². The molecule has 1 aliphatic carbocycles. The van der Waals surface area contributed by atoms with E-state index in [1.807, 2.05) is 6.08 Å². The van der Waals surface area contributed by atoms with E-state index in [4.69, 9.17) is 24.4 Å². The molecule has 3 unspecified atom stereocenters. The van der Waals surface area contributed by atoms with Crippen LogP contribution in [0.4, 0.5) is 0 Å². The summed E-state index contributed by atoms with van der Waals surface area (Å²) in [5, 5.41) is 17.5. The highest BCUT2D eigenvalue weighted by atomic mass is 16.6. The van der Waals surface area contributed by atoms with Gasteiger partial charge in [0.1, 0.15) is 12.2 Å². The number of hydrogen-bond acceptors (Lipinski definition) is 5. The van der Waals surface area contributed by atoms with Crippen molar-refractivity contribution in [3.8, 4) is 0 Å². The highest BCUT2D eigenvalue weighted by Crippen LogP contribution is 2.22. The Labute approximate surface area is 114 Å². The first-order valence-electron chi connectivity index (χ1n) is 7.02.